The Hall–Kier alpha value is -1.24. The van der Waals surface area contributed by atoms with Gasteiger partial charge in [-0.25, -0.2) is 0 Å². The molecule has 0 aliphatic heterocycles. The van der Waals surface area contributed by atoms with Crippen LogP contribution in [0.4, 0.5) is 0 Å². The molecule has 0 amide bonds. The quantitative estimate of drug-likeness (QED) is 0.875. The van der Waals surface area contributed by atoms with Crippen molar-refractivity contribution in [1.82, 2.24) is 10.1 Å². The van der Waals surface area contributed by atoms with Gasteiger partial charge in [0.05, 0.1) is 13.0 Å². The molecule has 0 saturated carbocycles. The molecule has 0 bridgehead atoms. The van der Waals surface area contributed by atoms with Gasteiger partial charge < -0.3 is 15.0 Å². The fourth-order valence-electron chi connectivity index (χ4n) is 1.49. The highest BCUT2D eigenvalue weighted by molar-refractivity contribution is 7.09. The molecule has 0 spiro atoms. The zero-order chi connectivity index (χ0) is 12.3. The maximum Gasteiger partial charge on any atom is 0.231 e. The fraction of sp³-hybridized carbons (Fsp3) is 0.455. The third-order valence-corrected chi connectivity index (χ3v) is 3.21. The molecule has 1 unspecified atom stereocenters. The van der Waals surface area contributed by atoms with E-state index < -0.39 is 5.54 Å². The van der Waals surface area contributed by atoms with E-state index in [0.717, 1.165) is 0 Å². The minimum Gasteiger partial charge on any atom is -0.382 e. The van der Waals surface area contributed by atoms with Crippen molar-refractivity contribution < 1.29 is 9.26 Å². The lowest BCUT2D eigenvalue weighted by Crippen LogP contribution is -2.39. The summed E-state index contributed by atoms with van der Waals surface area (Å²) in [7, 11) is 1.59. The van der Waals surface area contributed by atoms with Crippen molar-refractivity contribution in [2.24, 2.45) is 5.73 Å². The summed E-state index contributed by atoms with van der Waals surface area (Å²) in [5, 5.41) is 5.92. The van der Waals surface area contributed by atoms with E-state index in [2.05, 4.69) is 10.1 Å². The topological polar surface area (TPSA) is 74.2 Å². The molecule has 0 aliphatic rings. The number of ether oxygens (including phenoxy) is 1. The lowest BCUT2D eigenvalue weighted by Gasteiger charge is -2.18. The molecule has 92 valence electrons. The van der Waals surface area contributed by atoms with Gasteiger partial charge in [-0.3, -0.25) is 0 Å². The van der Waals surface area contributed by atoms with Crippen LogP contribution in [0.5, 0.6) is 0 Å². The van der Waals surface area contributed by atoms with E-state index in [1.807, 2.05) is 24.4 Å². The Kier molecular flexibility index (Phi) is 3.56. The molecule has 2 aromatic rings. The normalized spacial score (nSPS) is 14.8. The highest BCUT2D eigenvalue weighted by Crippen LogP contribution is 2.17. The highest BCUT2D eigenvalue weighted by atomic mass is 32.1. The molecule has 5 nitrogen and oxygen atoms in total. The number of nitrogens with zero attached hydrogens (tertiary/aromatic N) is 2. The second-order valence-electron chi connectivity index (χ2n) is 4.12. The Morgan fingerprint density at radius 1 is 1.59 bits per heavy atom. The number of nitrogens with two attached hydrogens (primary N) is 1. The van der Waals surface area contributed by atoms with Crippen LogP contribution in [0.2, 0.25) is 0 Å². The summed E-state index contributed by atoms with van der Waals surface area (Å²) in [6, 6.07) is 4.03. The summed E-state index contributed by atoms with van der Waals surface area (Å²) in [5.74, 6) is 1.06. The molecule has 0 aliphatic carbocycles. The van der Waals surface area contributed by atoms with Gasteiger partial charge in [-0.2, -0.15) is 4.98 Å². The zero-order valence-electron chi connectivity index (χ0n) is 9.84. The summed E-state index contributed by atoms with van der Waals surface area (Å²) in [5.41, 5.74) is 5.31. The molecule has 6 heteroatoms. The molecule has 2 rings (SSSR count). The van der Waals surface area contributed by atoms with Gasteiger partial charge in [-0.1, -0.05) is 11.2 Å². The van der Waals surface area contributed by atoms with Crippen molar-refractivity contribution in [3.8, 4) is 0 Å². The summed E-state index contributed by atoms with van der Waals surface area (Å²) < 4.78 is 10.2. The Morgan fingerprint density at radius 2 is 2.41 bits per heavy atom. The third kappa shape index (κ3) is 2.91. The molecule has 2 aromatic heterocycles. The van der Waals surface area contributed by atoms with E-state index in [-0.39, 0.29) is 0 Å². The van der Waals surface area contributed by atoms with E-state index in [9.17, 15) is 0 Å². The van der Waals surface area contributed by atoms with Crippen LogP contribution in [-0.4, -0.2) is 23.9 Å². The average Bonchev–Trinajstić information content (AvgIpc) is 2.89. The van der Waals surface area contributed by atoms with Crippen LogP contribution in [0, 0.1) is 0 Å². The number of thiophene rings is 1. The van der Waals surface area contributed by atoms with Crippen molar-refractivity contribution in [3.05, 3.63) is 34.1 Å². The van der Waals surface area contributed by atoms with Crippen molar-refractivity contribution >= 4 is 11.3 Å². The van der Waals surface area contributed by atoms with Crippen LogP contribution in [0.15, 0.2) is 22.0 Å². The van der Waals surface area contributed by atoms with Gasteiger partial charge in [-0.15, -0.1) is 11.3 Å². The van der Waals surface area contributed by atoms with E-state index in [0.29, 0.717) is 24.7 Å². The number of rotatable bonds is 5. The van der Waals surface area contributed by atoms with Crippen LogP contribution in [0.3, 0.4) is 0 Å². The lowest BCUT2D eigenvalue weighted by atomic mass is 10.1. The Bertz CT molecular complexity index is 465. The molecular formula is C11H15N3O2S. The van der Waals surface area contributed by atoms with Crippen LogP contribution in [-0.2, 0) is 16.7 Å². The highest BCUT2D eigenvalue weighted by Gasteiger charge is 2.27. The Morgan fingerprint density at radius 3 is 3.06 bits per heavy atom. The first-order valence-electron chi connectivity index (χ1n) is 5.25. The number of methoxy groups -OCH3 is 1. The minimum atomic E-state index is -0.716. The van der Waals surface area contributed by atoms with E-state index in [1.54, 1.807) is 18.4 Å². The van der Waals surface area contributed by atoms with Gasteiger partial charge in [0, 0.05) is 12.0 Å². The first-order valence-corrected chi connectivity index (χ1v) is 6.13. The molecule has 0 radical (unpaired) electrons. The van der Waals surface area contributed by atoms with Gasteiger partial charge >= 0.3 is 0 Å². The van der Waals surface area contributed by atoms with Gasteiger partial charge in [0.15, 0.2) is 5.82 Å². The second-order valence-corrected chi connectivity index (χ2v) is 5.15. The maximum absolute atomic E-state index is 6.03. The van der Waals surface area contributed by atoms with E-state index in [1.165, 1.54) is 4.88 Å². The minimum absolute atomic E-state index is 0.352. The Labute approximate surface area is 104 Å². The lowest BCUT2D eigenvalue weighted by molar-refractivity contribution is 0.135. The van der Waals surface area contributed by atoms with E-state index in [4.69, 9.17) is 15.0 Å². The third-order valence-electron chi connectivity index (χ3n) is 2.33. The van der Waals surface area contributed by atoms with Crippen molar-refractivity contribution in [2.75, 3.05) is 13.7 Å². The molecule has 2 heterocycles. The first-order chi connectivity index (χ1) is 8.12. The predicted octanol–water partition coefficient (Wildman–Crippen LogP) is 1.54. The molecule has 1 atom stereocenters. The average molecular weight is 253 g/mol. The van der Waals surface area contributed by atoms with Gasteiger partial charge in [-0.05, 0) is 18.4 Å². The largest absolute Gasteiger partial charge is 0.382 e. The SMILES string of the molecule is COCC(C)(N)c1noc(Cc2cccs2)n1. The number of hydrogen-bond acceptors (Lipinski definition) is 6. The van der Waals surface area contributed by atoms with Crippen molar-refractivity contribution in [2.45, 2.75) is 18.9 Å². The van der Waals surface area contributed by atoms with Gasteiger partial charge in [0.2, 0.25) is 5.89 Å². The monoisotopic (exact) mass is 253 g/mol. The molecule has 17 heavy (non-hydrogen) atoms. The molecule has 0 fully saturated rings. The van der Waals surface area contributed by atoms with Crippen LogP contribution in [0.1, 0.15) is 23.5 Å². The molecule has 2 N–H and O–H groups in total. The first kappa shape index (κ1) is 12.2. The molecular weight excluding hydrogens is 238 g/mol. The Balaban J connectivity index is 2.10. The van der Waals surface area contributed by atoms with Crippen LogP contribution in [0.25, 0.3) is 0 Å². The summed E-state index contributed by atoms with van der Waals surface area (Å²) in [6.45, 7) is 2.17. The summed E-state index contributed by atoms with van der Waals surface area (Å²) in [4.78, 5) is 5.49. The van der Waals surface area contributed by atoms with E-state index >= 15 is 0 Å². The van der Waals surface area contributed by atoms with Crippen LogP contribution < -0.4 is 5.73 Å². The van der Waals surface area contributed by atoms with Crippen LogP contribution >= 0.6 is 11.3 Å². The second kappa shape index (κ2) is 4.95. The number of hydrogen-bond donors (Lipinski definition) is 1. The summed E-state index contributed by atoms with van der Waals surface area (Å²) >= 11 is 1.66. The molecule has 0 aromatic carbocycles. The van der Waals surface area contributed by atoms with Crippen molar-refractivity contribution in [3.63, 3.8) is 0 Å². The number of aromatic nitrogens is 2. The predicted molar refractivity (Wildman–Crippen MR) is 64.8 cm³/mol. The smallest absolute Gasteiger partial charge is 0.231 e. The van der Waals surface area contributed by atoms with Crippen molar-refractivity contribution in [1.29, 1.82) is 0 Å². The summed E-state index contributed by atoms with van der Waals surface area (Å²) in [6.07, 6.45) is 0.647. The van der Waals surface area contributed by atoms with Gasteiger partial charge in [0.25, 0.3) is 0 Å². The standard InChI is InChI=1S/C11H15N3O2S/c1-11(12,7-15-2)10-13-9(16-14-10)6-8-4-3-5-17-8/h3-5H,6-7,12H2,1-2H3. The molecule has 0 saturated heterocycles. The maximum atomic E-state index is 6.03. The fourth-order valence-corrected chi connectivity index (χ4v) is 2.18. The van der Waals surface area contributed by atoms with Gasteiger partial charge in [0.1, 0.15) is 5.54 Å². The zero-order valence-corrected chi connectivity index (χ0v) is 10.7.